The molecule has 0 bridgehead atoms. The van der Waals surface area contributed by atoms with Crippen LogP contribution in [0.5, 0.6) is 0 Å². The van der Waals surface area contributed by atoms with Crippen molar-refractivity contribution in [2.24, 2.45) is 0 Å². The molecule has 3 atom stereocenters. The van der Waals surface area contributed by atoms with Crippen LogP contribution in [0.4, 0.5) is 5.82 Å². The molecule has 1 aliphatic heterocycles. The van der Waals surface area contributed by atoms with E-state index in [-0.39, 0.29) is 18.8 Å². The van der Waals surface area contributed by atoms with Crippen LogP contribution in [0.2, 0.25) is 0 Å². The first-order chi connectivity index (χ1) is 7.61. The molecule has 0 amide bonds. The number of aliphatic hydroxyl groups excluding tert-OH is 2. The van der Waals surface area contributed by atoms with Crippen LogP contribution in [0.1, 0.15) is 12.6 Å². The second-order valence-corrected chi connectivity index (χ2v) is 3.66. The van der Waals surface area contributed by atoms with Crippen molar-refractivity contribution < 1.29 is 14.9 Å². The summed E-state index contributed by atoms with van der Waals surface area (Å²) in [6.07, 6.45) is -0.333. The van der Waals surface area contributed by atoms with E-state index in [4.69, 9.17) is 15.6 Å². The van der Waals surface area contributed by atoms with Gasteiger partial charge in [-0.05, 0) is 6.07 Å². The molecule has 7 nitrogen and oxygen atoms in total. The minimum absolute atomic E-state index is 0.138. The standard InChI is InChI=1S/C9H13N3O4/c10-7-1-2-12(9(15)11-7)8-3-5(14)6(4-13)16-8/h1-2,5-6,8,13-14H,3-4H2,(H2,10,11,15)/t5-,6+,8+/m1/s1. The molecule has 2 rings (SSSR count). The predicted molar refractivity (Wildman–Crippen MR) is 54.5 cm³/mol. The topological polar surface area (TPSA) is 111 Å². The number of hydrogen-bond acceptors (Lipinski definition) is 6. The molecule has 0 radical (unpaired) electrons. The average molecular weight is 227 g/mol. The molecule has 0 aromatic carbocycles. The summed E-state index contributed by atoms with van der Waals surface area (Å²) in [6, 6.07) is 1.48. The Morgan fingerprint density at radius 2 is 2.44 bits per heavy atom. The first-order valence-electron chi connectivity index (χ1n) is 4.91. The molecule has 4 N–H and O–H groups in total. The molecule has 0 spiro atoms. The predicted octanol–water partition coefficient (Wildman–Crippen LogP) is -1.53. The van der Waals surface area contributed by atoms with Crippen molar-refractivity contribution in [1.29, 1.82) is 0 Å². The van der Waals surface area contributed by atoms with Gasteiger partial charge in [0, 0.05) is 12.6 Å². The fourth-order valence-corrected chi connectivity index (χ4v) is 1.70. The lowest BCUT2D eigenvalue weighted by molar-refractivity contribution is -0.0458. The van der Waals surface area contributed by atoms with Gasteiger partial charge in [-0.1, -0.05) is 0 Å². The fourth-order valence-electron chi connectivity index (χ4n) is 1.70. The summed E-state index contributed by atoms with van der Waals surface area (Å²) in [6.45, 7) is -0.283. The van der Waals surface area contributed by atoms with Gasteiger partial charge in [0.15, 0.2) is 0 Å². The fraction of sp³-hybridized carbons (Fsp3) is 0.556. The highest BCUT2D eigenvalue weighted by Gasteiger charge is 2.34. The molecule has 2 heterocycles. The summed E-state index contributed by atoms with van der Waals surface area (Å²) >= 11 is 0. The Balaban J connectivity index is 2.23. The maximum Gasteiger partial charge on any atom is 0.351 e. The highest BCUT2D eigenvalue weighted by molar-refractivity contribution is 5.23. The molecule has 16 heavy (non-hydrogen) atoms. The lowest BCUT2D eigenvalue weighted by Gasteiger charge is -2.13. The van der Waals surface area contributed by atoms with Gasteiger partial charge >= 0.3 is 5.69 Å². The van der Waals surface area contributed by atoms with E-state index in [2.05, 4.69) is 4.98 Å². The van der Waals surface area contributed by atoms with Crippen LogP contribution >= 0.6 is 0 Å². The molecule has 1 aromatic heterocycles. The summed E-state index contributed by atoms with van der Waals surface area (Å²) in [4.78, 5) is 15.0. The molecule has 1 saturated heterocycles. The van der Waals surface area contributed by atoms with Crippen molar-refractivity contribution in [3.8, 4) is 0 Å². The highest BCUT2D eigenvalue weighted by atomic mass is 16.5. The monoisotopic (exact) mass is 227 g/mol. The number of hydrogen-bond donors (Lipinski definition) is 3. The van der Waals surface area contributed by atoms with Crippen LogP contribution in [0, 0.1) is 0 Å². The van der Waals surface area contributed by atoms with Crippen LogP contribution < -0.4 is 11.4 Å². The maximum absolute atomic E-state index is 11.5. The molecule has 0 aliphatic carbocycles. The third kappa shape index (κ3) is 1.92. The van der Waals surface area contributed by atoms with Crippen molar-refractivity contribution in [2.45, 2.75) is 24.9 Å². The van der Waals surface area contributed by atoms with E-state index >= 15 is 0 Å². The van der Waals surface area contributed by atoms with E-state index < -0.39 is 24.1 Å². The lowest BCUT2D eigenvalue weighted by atomic mass is 10.2. The number of nitrogens with zero attached hydrogens (tertiary/aromatic N) is 2. The molecule has 0 saturated carbocycles. The second-order valence-electron chi connectivity index (χ2n) is 3.66. The van der Waals surface area contributed by atoms with Crippen LogP contribution in [-0.4, -0.2) is 38.6 Å². The van der Waals surface area contributed by atoms with Gasteiger partial charge in [-0.2, -0.15) is 4.98 Å². The maximum atomic E-state index is 11.5. The Labute approximate surface area is 91.1 Å². The van der Waals surface area contributed by atoms with Crippen LogP contribution in [-0.2, 0) is 4.74 Å². The molecule has 1 aromatic rings. The van der Waals surface area contributed by atoms with Gasteiger partial charge in [-0.3, -0.25) is 4.57 Å². The van der Waals surface area contributed by atoms with Crippen molar-refractivity contribution in [2.75, 3.05) is 12.3 Å². The normalized spacial score (nSPS) is 29.5. The zero-order valence-corrected chi connectivity index (χ0v) is 8.48. The Kier molecular flexibility index (Phi) is 2.90. The van der Waals surface area contributed by atoms with E-state index in [1.807, 2.05) is 0 Å². The minimum atomic E-state index is -0.778. The zero-order chi connectivity index (χ0) is 11.7. The smallest absolute Gasteiger partial charge is 0.351 e. The largest absolute Gasteiger partial charge is 0.394 e. The number of aromatic nitrogens is 2. The van der Waals surface area contributed by atoms with Gasteiger partial charge < -0.3 is 20.7 Å². The van der Waals surface area contributed by atoms with E-state index in [0.29, 0.717) is 0 Å². The van der Waals surface area contributed by atoms with E-state index in [9.17, 15) is 9.90 Å². The number of rotatable bonds is 2. The van der Waals surface area contributed by atoms with Crippen LogP contribution in [0.25, 0.3) is 0 Å². The van der Waals surface area contributed by atoms with Crippen molar-refractivity contribution in [3.63, 3.8) is 0 Å². The van der Waals surface area contributed by atoms with Gasteiger partial charge in [-0.25, -0.2) is 4.79 Å². The van der Waals surface area contributed by atoms with Gasteiger partial charge in [0.25, 0.3) is 0 Å². The van der Waals surface area contributed by atoms with Gasteiger partial charge in [0.2, 0.25) is 0 Å². The first-order valence-corrected chi connectivity index (χ1v) is 4.91. The van der Waals surface area contributed by atoms with Crippen molar-refractivity contribution in [1.82, 2.24) is 9.55 Å². The van der Waals surface area contributed by atoms with Gasteiger partial charge in [-0.15, -0.1) is 0 Å². The van der Waals surface area contributed by atoms with Crippen LogP contribution in [0.3, 0.4) is 0 Å². The Hall–Kier alpha value is -1.44. The van der Waals surface area contributed by atoms with Crippen molar-refractivity contribution >= 4 is 5.82 Å². The van der Waals surface area contributed by atoms with Crippen LogP contribution in [0.15, 0.2) is 17.1 Å². The summed E-state index contributed by atoms with van der Waals surface area (Å²) in [7, 11) is 0. The Morgan fingerprint density at radius 3 is 3.00 bits per heavy atom. The molecule has 7 heteroatoms. The van der Waals surface area contributed by atoms with Gasteiger partial charge in [0.05, 0.1) is 12.7 Å². The summed E-state index contributed by atoms with van der Waals surface area (Å²) in [5.41, 5.74) is 4.82. The summed E-state index contributed by atoms with van der Waals surface area (Å²) in [5.74, 6) is 0.138. The molecular formula is C9H13N3O4. The number of nitrogen functional groups attached to an aromatic ring is 1. The number of anilines is 1. The number of ether oxygens (including phenoxy) is 1. The quantitative estimate of drug-likeness (QED) is 0.565. The summed E-state index contributed by atoms with van der Waals surface area (Å²) in [5, 5.41) is 18.4. The molecule has 1 fully saturated rings. The SMILES string of the molecule is Nc1ccn([C@@H]2C[C@@H](O)[C@H](CO)O2)c(=O)n1. The minimum Gasteiger partial charge on any atom is -0.394 e. The average Bonchev–Trinajstić information content (AvgIpc) is 2.59. The Bertz CT molecular complexity index is 433. The molecule has 1 aliphatic rings. The molecule has 0 unspecified atom stereocenters. The lowest BCUT2D eigenvalue weighted by Crippen LogP contribution is -2.27. The second kappa shape index (κ2) is 4.20. The van der Waals surface area contributed by atoms with Crippen molar-refractivity contribution in [3.05, 3.63) is 22.7 Å². The van der Waals surface area contributed by atoms with E-state index in [1.165, 1.54) is 16.8 Å². The molecule has 88 valence electrons. The molecular weight excluding hydrogens is 214 g/mol. The number of aliphatic hydroxyl groups is 2. The van der Waals surface area contributed by atoms with Gasteiger partial charge in [0.1, 0.15) is 18.1 Å². The summed E-state index contributed by atoms with van der Waals surface area (Å²) < 4.78 is 6.56. The number of nitrogens with two attached hydrogens (primary N) is 1. The third-order valence-electron chi connectivity index (χ3n) is 2.55. The first kappa shape index (κ1) is 11.1. The van der Waals surface area contributed by atoms with E-state index in [1.54, 1.807) is 0 Å². The Morgan fingerprint density at radius 1 is 1.69 bits per heavy atom. The third-order valence-corrected chi connectivity index (χ3v) is 2.55. The van der Waals surface area contributed by atoms with E-state index in [0.717, 1.165) is 0 Å². The zero-order valence-electron chi connectivity index (χ0n) is 8.48. The highest BCUT2D eigenvalue weighted by Crippen LogP contribution is 2.27.